The van der Waals surface area contributed by atoms with E-state index in [1.54, 1.807) is 24.5 Å². The Balaban J connectivity index is 1.33. The summed E-state index contributed by atoms with van der Waals surface area (Å²) < 4.78 is 0. The van der Waals surface area contributed by atoms with Gasteiger partial charge in [-0.2, -0.15) is 0 Å². The first-order valence-electron chi connectivity index (χ1n) is 14.1. The minimum absolute atomic E-state index is 0.000964. The maximum Gasteiger partial charge on any atom is 0.255 e. The summed E-state index contributed by atoms with van der Waals surface area (Å²) in [5, 5.41) is 33.3. The monoisotopic (exact) mass is 508 g/mol. The number of fused-ring (bicyclic) bond motifs is 5. The van der Waals surface area contributed by atoms with E-state index in [-0.39, 0.29) is 47.9 Å². The van der Waals surface area contributed by atoms with E-state index in [4.69, 9.17) is 0 Å². The van der Waals surface area contributed by atoms with Gasteiger partial charge in [-0.1, -0.05) is 13.8 Å². The Bertz CT molecular complexity index is 1130. The van der Waals surface area contributed by atoms with Crippen LogP contribution in [0.2, 0.25) is 0 Å². The number of hydrogen-bond acceptors (Lipinski definition) is 6. The standard InChI is InChI=1S/C30H40N2O5/c1-17(32(19-6-7-19)27(36)18-5-4-12-31-16-18)20-9-11-30(37)22-13-24(33)23-14-25(34)26(35)15-28(23,2)21(22)8-10-29(20,30)3/h4-5,12-13,16-17,19-21,23,25-26,34-35,37H,6-11,14-15H2,1-3H3/t17?,20-,21?,23+,25-,26+,28-,29-,30-/m1/s1. The Kier molecular flexibility index (Phi) is 5.76. The fourth-order valence-corrected chi connectivity index (χ4v) is 9.05. The van der Waals surface area contributed by atoms with Crippen molar-refractivity contribution in [2.45, 2.75) is 102 Å². The van der Waals surface area contributed by atoms with E-state index in [0.717, 1.165) is 37.7 Å². The smallest absolute Gasteiger partial charge is 0.255 e. The summed E-state index contributed by atoms with van der Waals surface area (Å²) in [5.74, 6) is -0.250. The van der Waals surface area contributed by atoms with Gasteiger partial charge in [0.15, 0.2) is 5.78 Å². The van der Waals surface area contributed by atoms with Crippen molar-refractivity contribution in [1.82, 2.24) is 9.88 Å². The molecule has 0 radical (unpaired) electrons. The molecule has 0 aliphatic heterocycles. The van der Waals surface area contributed by atoms with Crippen LogP contribution in [0.15, 0.2) is 36.2 Å². The number of amides is 1. The lowest BCUT2D eigenvalue weighted by Gasteiger charge is -2.60. The second-order valence-corrected chi connectivity index (χ2v) is 13.1. The molecule has 9 atom stereocenters. The van der Waals surface area contributed by atoms with Crippen LogP contribution >= 0.6 is 0 Å². The van der Waals surface area contributed by atoms with Crippen molar-refractivity contribution < 1.29 is 24.9 Å². The highest BCUT2D eigenvalue weighted by atomic mass is 16.3. The number of rotatable bonds is 4. The van der Waals surface area contributed by atoms with Gasteiger partial charge in [-0.15, -0.1) is 0 Å². The van der Waals surface area contributed by atoms with Gasteiger partial charge in [-0.05, 0) is 99.3 Å². The number of allylic oxidation sites excluding steroid dienone is 1. The summed E-state index contributed by atoms with van der Waals surface area (Å²) in [7, 11) is 0. The third-order valence-corrected chi connectivity index (χ3v) is 11.3. The molecule has 4 saturated carbocycles. The molecule has 0 saturated heterocycles. The molecule has 7 nitrogen and oxygen atoms in total. The van der Waals surface area contributed by atoms with Gasteiger partial charge in [0.2, 0.25) is 0 Å². The van der Waals surface area contributed by atoms with Crippen molar-refractivity contribution in [2.75, 3.05) is 0 Å². The topological polar surface area (TPSA) is 111 Å². The molecule has 4 fully saturated rings. The Morgan fingerprint density at radius 3 is 2.54 bits per heavy atom. The third-order valence-electron chi connectivity index (χ3n) is 11.3. The fourth-order valence-electron chi connectivity index (χ4n) is 9.05. The minimum atomic E-state index is -1.12. The predicted octanol–water partition coefficient (Wildman–Crippen LogP) is 3.28. The maximum absolute atomic E-state index is 13.6. The number of nitrogens with zero attached hydrogens (tertiary/aromatic N) is 2. The summed E-state index contributed by atoms with van der Waals surface area (Å²) in [4.78, 5) is 33.2. The van der Waals surface area contributed by atoms with E-state index in [0.29, 0.717) is 18.4 Å². The van der Waals surface area contributed by atoms with Crippen LogP contribution < -0.4 is 0 Å². The zero-order valence-electron chi connectivity index (χ0n) is 22.1. The molecule has 7 heteroatoms. The lowest BCUT2D eigenvalue weighted by Crippen LogP contribution is -2.61. The molecule has 1 aromatic rings. The SMILES string of the molecule is CC([C@H]1CC[C@@]2(O)C3=CC(=O)[C@@H]4C[C@@H](O)[C@@H](O)C[C@]4(C)C3CC[C@]12C)N(C(=O)c1cccnc1)C1CC1. The van der Waals surface area contributed by atoms with Crippen molar-refractivity contribution in [3.63, 3.8) is 0 Å². The molecule has 3 N–H and O–H groups in total. The van der Waals surface area contributed by atoms with Crippen LogP contribution in [0, 0.1) is 28.6 Å². The molecule has 6 rings (SSSR count). The average molecular weight is 509 g/mol. The number of aliphatic hydroxyl groups is 3. The van der Waals surface area contributed by atoms with Gasteiger partial charge >= 0.3 is 0 Å². The lowest BCUT2D eigenvalue weighted by atomic mass is 9.46. The molecule has 2 unspecified atom stereocenters. The maximum atomic E-state index is 13.6. The molecular formula is C30H40N2O5. The summed E-state index contributed by atoms with van der Waals surface area (Å²) in [6.45, 7) is 6.37. The lowest BCUT2D eigenvalue weighted by molar-refractivity contribution is -0.153. The Morgan fingerprint density at radius 1 is 1.11 bits per heavy atom. The fraction of sp³-hybridized carbons (Fsp3) is 0.700. The van der Waals surface area contributed by atoms with Gasteiger partial charge in [-0.25, -0.2) is 0 Å². The van der Waals surface area contributed by atoms with E-state index in [2.05, 4.69) is 25.8 Å². The first kappa shape index (κ1) is 25.2. The minimum Gasteiger partial charge on any atom is -0.390 e. The summed E-state index contributed by atoms with van der Waals surface area (Å²) >= 11 is 0. The summed E-state index contributed by atoms with van der Waals surface area (Å²) in [6.07, 6.45) is 8.91. The van der Waals surface area contributed by atoms with Gasteiger partial charge in [0.1, 0.15) is 0 Å². The van der Waals surface area contributed by atoms with Crippen LogP contribution in [0.5, 0.6) is 0 Å². The average Bonchev–Trinajstić information content (AvgIpc) is 3.65. The molecule has 1 heterocycles. The molecular weight excluding hydrogens is 468 g/mol. The van der Waals surface area contributed by atoms with Gasteiger partial charge in [0, 0.05) is 35.8 Å². The van der Waals surface area contributed by atoms with Crippen LogP contribution in [-0.2, 0) is 4.79 Å². The zero-order valence-corrected chi connectivity index (χ0v) is 22.1. The Labute approximate surface area is 219 Å². The summed E-state index contributed by atoms with van der Waals surface area (Å²) in [5.41, 5.74) is -0.628. The van der Waals surface area contributed by atoms with E-state index >= 15 is 0 Å². The number of pyridine rings is 1. The number of hydrogen-bond donors (Lipinski definition) is 3. The number of aliphatic hydroxyl groups excluding tert-OH is 2. The highest BCUT2D eigenvalue weighted by Crippen LogP contribution is 2.67. The van der Waals surface area contributed by atoms with Gasteiger partial charge < -0.3 is 20.2 Å². The first-order valence-corrected chi connectivity index (χ1v) is 14.1. The number of aromatic nitrogens is 1. The van der Waals surface area contributed by atoms with Crippen molar-refractivity contribution in [2.24, 2.45) is 28.6 Å². The van der Waals surface area contributed by atoms with Crippen molar-refractivity contribution in [3.05, 3.63) is 41.7 Å². The Hall–Kier alpha value is -2.09. The largest absolute Gasteiger partial charge is 0.390 e. The van der Waals surface area contributed by atoms with E-state index < -0.39 is 28.6 Å². The van der Waals surface area contributed by atoms with Gasteiger partial charge in [-0.3, -0.25) is 14.6 Å². The van der Waals surface area contributed by atoms with Crippen LogP contribution in [0.4, 0.5) is 0 Å². The zero-order chi connectivity index (χ0) is 26.3. The van der Waals surface area contributed by atoms with Crippen molar-refractivity contribution >= 4 is 11.7 Å². The molecule has 0 spiro atoms. The van der Waals surface area contributed by atoms with E-state index in [9.17, 15) is 24.9 Å². The second-order valence-electron chi connectivity index (χ2n) is 13.1. The quantitative estimate of drug-likeness (QED) is 0.576. The van der Waals surface area contributed by atoms with E-state index in [1.807, 2.05) is 11.0 Å². The Morgan fingerprint density at radius 2 is 1.86 bits per heavy atom. The molecule has 0 aromatic carbocycles. The van der Waals surface area contributed by atoms with E-state index in [1.165, 1.54) is 0 Å². The second kappa shape index (κ2) is 8.45. The van der Waals surface area contributed by atoms with Gasteiger partial charge in [0.05, 0.1) is 23.4 Å². The van der Waals surface area contributed by atoms with Gasteiger partial charge in [0.25, 0.3) is 5.91 Å². The molecule has 200 valence electrons. The highest BCUT2D eigenvalue weighted by Gasteiger charge is 2.67. The molecule has 5 aliphatic rings. The number of carbonyl (C=O) groups is 2. The third kappa shape index (κ3) is 3.53. The van der Waals surface area contributed by atoms with Crippen molar-refractivity contribution in [3.8, 4) is 0 Å². The van der Waals surface area contributed by atoms with Crippen LogP contribution in [0.3, 0.4) is 0 Å². The summed E-state index contributed by atoms with van der Waals surface area (Å²) in [6, 6.07) is 3.79. The van der Waals surface area contributed by atoms with Crippen LogP contribution in [0.1, 0.15) is 82.5 Å². The first-order chi connectivity index (χ1) is 17.5. The molecule has 5 aliphatic carbocycles. The number of ketones is 1. The molecule has 37 heavy (non-hydrogen) atoms. The van der Waals surface area contributed by atoms with Crippen LogP contribution in [-0.4, -0.2) is 66.8 Å². The van der Waals surface area contributed by atoms with Crippen molar-refractivity contribution in [1.29, 1.82) is 0 Å². The molecule has 1 amide bonds. The highest BCUT2D eigenvalue weighted by molar-refractivity contribution is 5.95. The molecule has 0 bridgehead atoms. The predicted molar refractivity (Wildman–Crippen MR) is 137 cm³/mol. The number of carbonyl (C=O) groups excluding carboxylic acids is 2. The molecule has 1 aromatic heterocycles. The van der Waals surface area contributed by atoms with Crippen LogP contribution in [0.25, 0.3) is 0 Å². The normalized spacial score (nSPS) is 43.8.